The Morgan fingerprint density at radius 1 is 1.30 bits per heavy atom. The zero-order valence-corrected chi connectivity index (χ0v) is 14.4. The Hall–Kier alpha value is -2.56. The molecule has 1 amide bonds. The van der Waals surface area contributed by atoms with Gasteiger partial charge in [-0.2, -0.15) is 5.10 Å². The predicted octanol–water partition coefficient (Wildman–Crippen LogP) is 3.21. The Morgan fingerprint density at radius 3 is 2.65 bits per heavy atom. The summed E-state index contributed by atoms with van der Waals surface area (Å²) in [6.45, 7) is 6.32. The summed E-state index contributed by atoms with van der Waals surface area (Å²) >= 11 is 0. The minimum absolute atomic E-state index is 0.218. The van der Waals surface area contributed by atoms with Crippen LogP contribution in [0.15, 0.2) is 41.6 Å². The Balaban J connectivity index is 2.04. The van der Waals surface area contributed by atoms with Crippen LogP contribution in [0.3, 0.4) is 0 Å². The first-order valence-electron chi connectivity index (χ1n) is 7.67. The van der Waals surface area contributed by atoms with E-state index in [1.54, 1.807) is 12.3 Å². The third-order valence-electron chi connectivity index (χ3n) is 3.63. The lowest BCUT2D eigenvalue weighted by molar-refractivity contribution is 0.0955. The van der Waals surface area contributed by atoms with Gasteiger partial charge in [-0.05, 0) is 45.0 Å². The molecule has 23 heavy (non-hydrogen) atoms. The van der Waals surface area contributed by atoms with Gasteiger partial charge in [-0.3, -0.25) is 4.79 Å². The molecule has 5 nitrogen and oxygen atoms in total. The van der Waals surface area contributed by atoms with Crippen molar-refractivity contribution >= 4 is 17.8 Å². The number of nitrogens with one attached hydrogen (secondary N) is 1. The molecule has 0 aliphatic rings. The number of benzene rings is 1. The third kappa shape index (κ3) is 4.22. The number of amides is 1. The van der Waals surface area contributed by atoms with Crippen LogP contribution in [0.4, 0.5) is 5.69 Å². The highest BCUT2D eigenvalue weighted by Crippen LogP contribution is 2.14. The van der Waals surface area contributed by atoms with E-state index < -0.39 is 0 Å². The van der Waals surface area contributed by atoms with Gasteiger partial charge in [0.1, 0.15) is 0 Å². The number of anilines is 1. The summed E-state index contributed by atoms with van der Waals surface area (Å²) < 4.78 is 2.17. The van der Waals surface area contributed by atoms with Crippen molar-refractivity contribution in [3.63, 3.8) is 0 Å². The Labute approximate surface area is 137 Å². The molecule has 0 saturated heterocycles. The fourth-order valence-electron chi connectivity index (χ4n) is 2.40. The smallest absolute Gasteiger partial charge is 0.271 e. The lowest BCUT2D eigenvalue weighted by atomic mass is 10.2. The summed E-state index contributed by atoms with van der Waals surface area (Å²) in [6, 6.07) is 9.88. The Bertz CT molecular complexity index is 714. The number of carbonyl (C=O) groups is 1. The molecule has 0 unspecified atom stereocenters. The van der Waals surface area contributed by atoms with Crippen LogP contribution >= 0.6 is 0 Å². The van der Waals surface area contributed by atoms with Gasteiger partial charge < -0.3 is 9.47 Å². The van der Waals surface area contributed by atoms with E-state index in [2.05, 4.69) is 35.9 Å². The molecular formula is C18H24N4O. The quantitative estimate of drug-likeness (QED) is 0.681. The number of nitrogens with zero attached hydrogens (tertiary/aromatic N) is 3. The van der Waals surface area contributed by atoms with Crippen LogP contribution in [-0.4, -0.2) is 30.8 Å². The molecule has 0 radical (unpaired) electrons. The summed E-state index contributed by atoms with van der Waals surface area (Å²) in [7, 11) is 3.88. The number of hydrogen-bond acceptors (Lipinski definition) is 3. The second kappa shape index (κ2) is 7.13. The van der Waals surface area contributed by atoms with Crippen molar-refractivity contribution in [3.8, 4) is 0 Å². The van der Waals surface area contributed by atoms with Crippen molar-refractivity contribution in [3.05, 3.63) is 53.3 Å². The molecule has 0 bridgehead atoms. The van der Waals surface area contributed by atoms with Gasteiger partial charge in [-0.25, -0.2) is 5.43 Å². The highest BCUT2D eigenvalue weighted by Gasteiger charge is 2.06. The molecule has 0 saturated carbocycles. The van der Waals surface area contributed by atoms with Crippen molar-refractivity contribution in [1.29, 1.82) is 0 Å². The number of hydrazone groups is 1. The van der Waals surface area contributed by atoms with Gasteiger partial charge in [0.05, 0.1) is 6.21 Å². The van der Waals surface area contributed by atoms with Gasteiger partial charge in [-0.15, -0.1) is 0 Å². The van der Waals surface area contributed by atoms with Crippen molar-refractivity contribution in [2.75, 3.05) is 19.0 Å². The van der Waals surface area contributed by atoms with Crippen LogP contribution in [0.25, 0.3) is 0 Å². The minimum atomic E-state index is -0.218. The van der Waals surface area contributed by atoms with Gasteiger partial charge >= 0.3 is 0 Å². The van der Waals surface area contributed by atoms with Crippen molar-refractivity contribution in [2.24, 2.45) is 5.10 Å². The summed E-state index contributed by atoms with van der Waals surface area (Å²) in [4.78, 5) is 14.1. The molecule has 5 heteroatoms. The number of hydrogen-bond donors (Lipinski definition) is 1. The highest BCUT2D eigenvalue weighted by molar-refractivity contribution is 5.95. The second-order valence-corrected chi connectivity index (χ2v) is 6.06. The highest BCUT2D eigenvalue weighted by atomic mass is 16.2. The largest absolute Gasteiger partial charge is 0.378 e. The molecule has 1 heterocycles. The molecule has 122 valence electrons. The summed E-state index contributed by atoms with van der Waals surface area (Å²) in [5, 5.41) is 4.05. The van der Waals surface area contributed by atoms with Gasteiger partial charge in [0, 0.05) is 48.8 Å². The predicted molar refractivity (Wildman–Crippen MR) is 95.4 cm³/mol. The molecule has 1 N–H and O–H groups in total. The zero-order chi connectivity index (χ0) is 17.0. The fourth-order valence-corrected chi connectivity index (χ4v) is 2.40. The number of carbonyl (C=O) groups excluding carboxylic acids is 1. The van der Waals surface area contributed by atoms with Gasteiger partial charge in [-0.1, -0.05) is 6.07 Å². The van der Waals surface area contributed by atoms with Crippen LogP contribution in [0, 0.1) is 6.92 Å². The van der Waals surface area contributed by atoms with Crippen molar-refractivity contribution < 1.29 is 4.79 Å². The lowest BCUT2D eigenvalue weighted by Crippen LogP contribution is -2.18. The van der Waals surface area contributed by atoms with Gasteiger partial charge in [0.2, 0.25) is 0 Å². The van der Waals surface area contributed by atoms with Gasteiger partial charge in [0.15, 0.2) is 0 Å². The Kier molecular flexibility index (Phi) is 5.21. The van der Waals surface area contributed by atoms with Crippen LogP contribution in [0.5, 0.6) is 0 Å². The summed E-state index contributed by atoms with van der Waals surface area (Å²) in [6.07, 6.45) is 3.70. The van der Waals surface area contributed by atoms with E-state index in [1.165, 1.54) is 5.69 Å². The fraction of sp³-hybridized carbons (Fsp3) is 0.333. The molecule has 0 aliphatic heterocycles. The number of aryl methyl sites for hydroxylation is 1. The van der Waals surface area contributed by atoms with E-state index in [4.69, 9.17) is 0 Å². The molecule has 0 spiro atoms. The molecule has 0 fully saturated rings. The molecule has 0 aliphatic carbocycles. The first-order valence-corrected chi connectivity index (χ1v) is 7.67. The van der Waals surface area contributed by atoms with Crippen molar-refractivity contribution in [1.82, 2.24) is 9.99 Å². The average Bonchev–Trinajstić information content (AvgIpc) is 2.88. The van der Waals surface area contributed by atoms with Crippen LogP contribution < -0.4 is 10.3 Å². The first kappa shape index (κ1) is 16.8. The molecule has 1 aromatic carbocycles. The van der Waals surface area contributed by atoms with E-state index >= 15 is 0 Å². The van der Waals surface area contributed by atoms with Crippen LogP contribution in [-0.2, 0) is 0 Å². The maximum Gasteiger partial charge on any atom is 0.271 e. The van der Waals surface area contributed by atoms with E-state index in [0.29, 0.717) is 11.6 Å². The number of aromatic nitrogens is 1. The normalized spacial score (nSPS) is 11.2. The van der Waals surface area contributed by atoms with E-state index in [1.807, 2.05) is 49.5 Å². The average molecular weight is 312 g/mol. The monoisotopic (exact) mass is 312 g/mol. The standard InChI is InChI=1S/C18H24N4O/c1-13(2)22-12-15(9-14(22)3)11-19-20-18(23)16-7-6-8-17(10-16)21(4)5/h6-13H,1-5H3,(H,20,23)/b19-11-. The van der Waals surface area contributed by atoms with E-state index in [-0.39, 0.29) is 5.91 Å². The topological polar surface area (TPSA) is 49.6 Å². The van der Waals surface area contributed by atoms with E-state index in [9.17, 15) is 4.79 Å². The van der Waals surface area contributed by atoms with Gasteiger partial charge in [0.25, 0.3) is 5.91 Å². The summed E-state index contributed by atoms with van der Waals surface area (Å²) in [5.74, 6) is -0.218. The van der Waals surface area contributed by atoms with Crippen LogP contribution in [0.1, 0.15) is 41.5 Å². The molecule has 0 atom stereocenters. The summed E-state index contributed by atoms with van der Waals surface area (Å²) in [5.41, 5.74) is 6.28. The lowest BCUT2D eigenvalue weighted by Gasteiger charge is -2.12. The molecular weight excluding hydrogens is 288 g/mol. The minimum Gasteiger partial charge on any atom is -0.378 e. The first-order chi connectivity index (χ1) is 10.9. The molecule has 1 aromatic heterocycles. The maximum atomic E-state index is 12.1. The third-order valence-corrected chi connectivity index (χ3v) is 3.63. The number of rotatable bonds is 5. The van der Waals surface area contributed by atoms with Crippen LogP contribution in [0.2, 0.25) is 0 Å². The maximum absolute atomic E-state index is 12.1. The van der Waals surface area contributed by atoms with E-state index in [0.717, 1.165) is 11.3 Å². The zero-order valence-electron chi connectivity index (χ0n) is 14.4. The van der Waals surface area contributed by atoms with Crippen molar-refractivity contribution in [2.45, 2.75) is 26.8 Å². The molecule has 2 aromatic rings. The SMILES string of the molecule is Cc1cc(/C=N\NC(=O)c2cccc(N(C)C)c2)cn1C(C)C. The molecule has 2 rings (SSSR count). The second-order valence-electron chi connectivity index (χ2n) is 6.06. The Morgan fingerprint density at radius 2 is 2.04 bits per heavy atom.